The molecule has 1 heterocycles. The molecule has 0 bridgehead atoms. The van der Waals surface area contributed by atoms with Gasteiger partial charge in [0.05, 0.1) is 12.5 Å². The summed E-state index contributed by atoms with van der Waals surface area (Å²) < 4.78 is 5.36. The second-order valence-corrected chi connectivity index (χ2v) is 8.11. The molecule has 0 aliphatic carbocycles. The van der Waals surface area contributed by atoms with Gasteiger partial charge < -0.3 is 9.64 Å². The summed E-state index contributed by atoms with van der Waals surface area (Å²) in [4.78, 5) is 38.7. The summed E-state index contributed by atoms with van der Waals surface area (Å²) in [6, 6.07) is 9.34. The summed E-state index contributed by atoms with van der Waals surface area (Å²) in [5.74, 6) is -0.604. The van der Waals surface area contributed by atoms with E-state index in [4.69, 9.17) is 4.74 Å². The monoisotopic (exact) mass is 377 g/mol. The zero-order valence-electron chi connectivity index (χ0n) is 15.7. The van der Waals surface area contributed by atoms with Crippen LogP contribution in [0.1, 0.15) is 39.2 Å². The van der Waals surface area contributed by atoms with Gasteiger partial charge in [0.1, 0.15) is 6.04 Å². The Morgan fingerprint density at radius 2 is 1.92 bits per heavy atom. The van der Waals surface area contributed by atoms with Gasteiger partial charge >= 0.3 is 5.97 Å². The third kappa shape index (κ3) is 5.10. The second kappa shape index (κ2) is 9.21. The zero-order valence-corrected chi connectivity index (χ0v) is 16.5. The van der Waals surface area contributed by atoms with Crippen molar-refractivity contribution in [3.8, 4) is 0 Å². The second-order valence-electron chi connectivity index (χ2n) is 7.11. The maximum absolute atomic E-state index is 12.5. The van der Waals surface area contributed by atoms with Crippen LogP contribution in [0.25, 0.3) is 0 Å². The molecule has 1 amide bonds. The number of aryl methyl sites for hydroxylation is 1. The summed E-state index contributed by atoms with van der Waals surface area (Å²) in [5.41, 5.74) is 0.484. The lowest BCUT2D eigenvalue weighted by molar-refractivity contribution is -0.157. The van der Waals surface area contributed by atoms with Gasteiger partial charge in [-0.15, -0.1) is 11.8 Å². The van der Waals surface area contributed by atoms with Gasteiger partial charge in [0.2, 0.25) is 5.78 Å². The topological polar surface area (TPSA) is 63.7 Å². The highest BCUT2D eigenvalue weighted by Crippen LogP contribution is 2.27. The van der Waals surface area contributed by atoms with E-state index >= 15 is 0 Å². The van der Waals surface area contributed by atoms with Gasteiger partial charge in [-0.3, -0.25) is 9.59 Å². The largest absolute Gasteiger partial charge is 0.464 e. The van der Waals surface area contributed by atoms with Crippen molar-refractivity contribution in [2.75, 3.05) is 18.2 Å². The average molecular weight is 378 g/mol. The van der Waals surface area contributed by atoms with E-state index in [-0.39, 0.29) is 0 Å². The lowest BCUT2D eigenvalue weighted by Gasteiger charge is -2.26. The predicted octanol–water partition coefficient (Wildman–Crippen LogP) is 3.07. The molecule has 6 heteroatoms. The molecular formula is C20H27NO4S. The van der Waals surface area contributed by atoms with E-state index < -0.39 is 29.1 Å². The lowest BCUT2D eigenvalue weighted by Crippen LogP contribution is -2.48. The molecule has 1 saturated heterocycles. The highest BCUT2D eigenvalue weighted by atomic mass is 32.2. The van der Waals surface area contributed by atoms with Crippen LogP contribution in [0.4, 0.5) is 0 Å². The van der Waals surface area contributed by atoms with Gasteiger partial charge in [0.25, 0.3) is 5.91 Å². The van der Waals surface area contributed by atoms with Gasteiger partial charge in [-0.25, -0.2) is 4.79 Å². The molecule has 1 fully saturated rings. The molecule has 2 rings (SSSR count). The summed E-state index contributed by atoms with van der Waals surface area (Å²) in [6.45, 7) is 5.70. The van der Waals surface area contributed by atoms with Gasteiger partial charge in [-0.1, -0.05) is 51.1 Å². The Bertz CT molecular complexity index is 644. The summed E-state index contributed by atoms with van der Waals surface area (Å²) >= 11 is 1.47. The average Bonchev–Trinajstić information content (AvgIpc) is 3.14. The molecule has 142 valence electrons. The molecule has 26 heavy (non-hydrogen) atoms. The van der Waals surface area contributed by atoms with Gasteiger partial charge in [0, 0.05) is 11.2 Å². The van der Waals surface area contributed by atoms with E-state index in [9.17, 15) is 14.4 Å². The smallest absolute Gasteiger partial charge is 0.329 e. The van der Waals surface area contributed by atoms with E-state index in [1.807, 2.05) is 37.3 Å². The van der Waals surface area contributed by atoms with Crippen molar-refractivity contribution in [1.29, 1.82) is 0 Å². The fourth-order valence-electron chi connectivity index (χ4n) is 2.61. The first-order valence-electron chi connectivity index (χ1n) is 9.00. The first kappa shape index (κ1) is 20.5. The number of amides is 1. The predicted molar refractivity (Wildman–Crippen MR) is 103 cm³/mol. The Morgan fingerprint density at radius 3 is 2.58 bits per heavy atom. The Morgan fingerprint density at radius 1 is 1.23 bits per heavy atom. The summed E-state index contributed by atoms with van der Waals surface area (Å²) in [5, 5.41) is 0. The van der Waals surface area contributed by atoms with Crippen LogP contribution in [0, 0.1) is 5.41 Å². The lowest BCUT2D eigenvalue weighted by atomic mass is 9.84. The Balaban J connectivity index is 1.85. The third-order valence-electron chi connectivity index (χ3n) is 4.80. The van der Waals surface area contributed by atoms with E-state index in [0.29, 0.717) is 24.7 Å². The zero-order chi connectivity index (χ0) is 19.2. The molecule has 1 aliphatic heterocycles. The van der Waals surface area contributed by atoms with Crippen molar-refractivity contribution in [3.63, 3.8) is 0 Å². The van der Waals surface area contributed by atoms with Crippen molar-refractivity contribution in [3.05, 3.63) is 35.9 Å². The highest BCUT2D eigenvalue weighted by Gasteiger charge is 2.42. The standard InChI is InChI=1S/C20H27NO4S/c1-4-20(2,3)17(22)18(23)21-14-26-13-16(21)19(24)25-12-8-11-15-9-6-5-7-10-15/h5-7,9-10,16H,4,8,11-14H2,1-3H3/t16-/m1/s1. The van der Waals surface area contributed by atoms with Crippen molar-refractivity contribution < 1.29 is 19.1 Å². The Kier molecular flexibility index (Phi) is 7.26. The number of rotatable bonds is 8. The van der Waals surface area contributed by atoms with Crippen LogP contribution in [-0.2, 0) is 25.5 Å². The highest BCUT2D eigenvalue weighted by molar-refractivity contribution is 7.99. The first-order valence-corrected chi connectivity index (χ1v) is 10.2. The number of carbonyl (C=O) groups is 3. The fraction of sp³-hybridized carbons (Fsp3) is 0.550. The molecule has 0 radical (unpaired) electrons. The summed E-state index contributed by atoms with van der Waals surface area (Å²) in [7, 11) is 0. The fourth-order valence-corrected chi connectivity index (χ4v) is 3.75. The molecule has 0 aromatic heterocycles. The minimum Gasteiger partial charge on any atom is -0.464 e. The normalized spacial score (nSPS) is 17.2. The number of benzene rings is 1. The maximum atomic E-state index is 12.5. The van der Waals surface area contributed by atoms with Crippen LogP contribution in [-0.4, -0.2) is 46.8 Å². The minimum absolute atomic E-state index is 0.311. The molecule has 0 N–H and O–H groups in total. The van der Waals surface area contributed by atoms with Crippen LogP contribution in [0.2, 0.25) is 0 Å². The van der Waals surface area contributed by atoms with Crippen molar-refractivity contribution >= 4 is 29.4 Å². The number of hydrogen-bond acceptors (Lipinski definition) is 5. The molecule has 5 nitrogen and oxygen atoms in total. The molecule has 1 aliphatic rings. The number of carbonyl (C=O) groups excluding carboxylic acids is 3. The Hall–Kier alpha value is -1.82. The van der Waals surface area contributed by atoms with Crippen LogP contribution in [0.5, 0.6) is 0 Å². The quantitative estimate of drug-likeness (QED) is 0.396. The molecule has 0 unspecified atom stereocenters. The molecule has 1 aromatic rings. The van der Waals surface area contributed by atoms with Gasteiger partial charge in [0.15, 0.2) is 0 Å². The van der Waals surface area contributed by atoms with Gasteiger partial charge in [-0.05, 0) is 24.8 Å². The third-order valence-corrected chi connectivity index (χ3v) is 5.82. The molecule has 0 spiro atoms. The molecular weight excluding hydrogens is 350 g/mol. The van der Waals surface area contributed by atoms with E-state index in [0.717, 1.165) is 12.8 Å². The van der Waals surface area contributed by atoms with Crippen LogP contribution < -0.4 is 0 Å². The molecule has 1 atom stereocenters. The number of ether oxygens (including phenoxy) is 1. The number of ketones is 1. The van der Waals surface area contributed by atoms with E-state index in [1.54, 1.807) is 13.8 Å². The summed E-state index contributed by atoms with van der Waals surface area (Å²) in [6.07, 6.45) is 2.14. The number of nitrogens with zero attached hydrogens (tertiary/aromatic N) is 1. The van der Waals surface area contributed by atoms with Crippen LogP contribution >= 0.6 is 11.8 Å². The van der Waals surface area contributed by atoms with Gasteiger partial charge in [-0.2, -0.15) is 0 Å². The van der Waals surface area contributed by atoms with E-state index in [2.05, 4.69) is 0 Å². The molecule has 0 saturated carbocycles. The number of esters is 1. The van der Waals surface area contributed by atoms with Crippen molar-refractivity contribution in [1.82, 2.24) is 4.90 Å². The van der Waals surface area contributed by atoms with Crippen LogP contribution in [0.15, 0.2) is 30.3 Å². The number of hydrogen-bond donors (Lipinski definition) is 0. The minimum atomic E-state index is -0.714. The Labute approximate surface area is 159 Å². The maximum Gasteiger partial charge on any atom is 0.329 e. The van der Waals surface area contributed by atoms with Crippen molar-refractivity contribution in [2.45, 2.75) is 46.1 Å². The van der Waals surface area contributed by atoms with E-state index in [1.165, 1.54) is 22.2 Å². The molecule has 1 aromatic carbocycles. The van der Waals surface area contributed by atoms with Crippen LogP contribution in [0.3, 0.4) is 0 Å². The van der Waals surface area contributed by atoms with Crippen molar-refractivity contribution in [2.24, 2.45) is 5.41 Å². The first-order chi connectivity index (χ1) is 12.4. The SMILES string of the molecule is CCC(C)(C)C(=O)C(=O)N1CSC[C@@H]1C(=O)OCCCc1ccccc1. The number of thioether (sulfide) groups is 1. The number of Topliss-reactive ketones (excluding diaryl/α,β-unsaturated/α-hetero) is 1.